The molecule has 0 bridgehead atoms. The fourth-order valence-electron chi connectivity index (χ4n) is 1.02. The highest BCUT2D eigenvalue weighted by Gasteiger charge is 2.20. The number of carbonyl (C=O) groups is 1. The Kier molecular flexibility index (Phi) is 3.00. The van der Waals surface area contributed by atoms with Crippen molar-refractivity contribution < 1.29 is 9.53 Å². The zero-order valence-electron chi connectivity index (χ0n) is 8.00. The fraction of sp³-hybridized carbons (Fsp3) is 0.625. The normalized spacial score (nSPS) is 12.5. The number of methoxy groups -OCH3 is 1. The molecule has 1 unspecified atom stereocenters. The molecule has 0 aliphatic heterocycles. The number of H-pyrrole nitrogens is 1. The molecular weight excluding hydrogens is 170 g/mol. The molecule has 0 spiro atoms. The van der Waals surface area contributed by atoms with Gasteiger partial charge in [-0.1, -0.05) is 13.8 Å². The lowest BCUT2D eigenvalue weighted by Gasteiger charge is -2.04. The fourth-order valence-corrected chi connectivity index (χ4v) is 1.02. The molecule has 0 saturated heterocycles. The van der Waals surface area contributed by atoms with E-state index in [-0.39, 0.29) is 11.6 Å². The number of nitrogens with zero attached hydrogens (tertiary/aromatic N) is 2. The van der Waals surface area contributed by atoms with Gasteiger partial charge in [0.15, 0.2) is 5.69 Å². The molecule has 0 aliphatic rings. The van der Waals surface area contributed by atoms with Gasteiger partial charge < -0.3 is 4.74 Å². The number of nitrogens with one attached hydrogen (secondary N) is 1. The van der Waals surface area contributed by atoms with Crippen molar-refractivity contribution in [3.05, 3.63) is 11.4 Å². The van der Waals surface area contributed by atoms with Crippen molar-refractivity contribution in [1.82, 2.24) is 15.4 Å². The highest BCUT2D eigenvalue weighted by Crippen LogP contribution is 2.18. The van der Waals surface area contributed by atoms with E-state index in [1.54, 1.807) is 0 Å². The van der Waals surface area contributed by atoms with Crippen molar-refractivity contribution in [3.63, 3.8) is 0 Å². The minimum Gasteiger partial charge on any atom is -0.464 e. The molecular formula is C8H13N3O2. The van der Waals surface area contributed by atoms with E-state index in [1.807, 2.05) is 13.8 Å². The first kappa shape index (κ1) is 9.70. The van der Waals surface area contributed by atoms with Crippen LogP contribution in [0.1, 0.15) is 42.4 Å². The zero-order chi connectivity index (χ0) is 9.84. The van der Waals surface area contributed by atoms with Gasteiger partial charge in [0.2, 0.25) is 0 Å². The summed E-state index contributed by atoms with van der Waals surface area (Å²) in [5.74, 6) is -0.225. The predicted octanol–water partition coefficient (Wildman–Crippen LogP) is 1.10. The van der Waals surface area contributed by atoms with Gasteiger partial charge in [0, 0.05) is 5.92 Å². The highest BCUT2D eigenvalue weighted by atomic mass is 16.5. The first-order valence-electron chi connectivity index (χ1n) is 4.19. The van der Waals surface area contributed by atoms with Crippen LogP contribution in [-0.4, -0.2) is 28.5 Å². The van der Waals surface area contributed by atoms with Crippen molar-refractivity contribution in [2.24, 2.45) is 0 Å². The summed E-state index contributed by atoms with van der Waals surface area (Å²) in [6.45, 7) is 4.02. The molecule has 5 nitrogen and oxygen atoms in total. The first-order valence-corrected chi connectivity index (χ1v) is 4.19. The van der Waals surface area contributed by atoms with E-state index in [1.165, 1.54) is 7.11 Å². The molecule has 72 valence electrons. The summed E-state index contributed by atoms with van der Waals surface area (Å²) in [6.07, 6.45) is 0.913. The molecule has 0 aliphatic carbocycles. The Hall–Kier alpha value is -1.39. The monoisotopic (exact) mass is 183 g/mol. The van der Waals surface area contributed by atoms with Gasteiger partial charge in [-0.05, 0) is 6.42 Å². The molecule has 1 rings (SSSR count). The van der Waals surface area contributed by atoms with Crippen molar-refractivity contribution in [2.45, 2.75) is 26.2 Å². The van der Waals surface area contributed by atoms with Gasteiger partial charge in [-0.15, -0.1) is 5.10 Å². The van der Waals surface area contributed by atoms with Crippen LogP contribution in [0.5, 0.6) is 0 Å². The molecule has 1 aromatic heterocycles. The molecule has 1 N–H and O–H groups in total. The average Bonchev–Trinajstić information content (AvgIpc) is 2.63. The maximum absolute atomic E-state index is 11.2. The second-order valence-corrected chi connectivity index (χ2v) is 2.86. The summed E-state index contributed by atoms with van der Waals surface area (Å²) in [5, 5.41) is 10.1. The highest BCUT2D eigenvalue weighted by molar-refractivity contribution is 5.88. The number of esters is 1. The Morgan fingerprint density at radius 3 is 2.85 bits per heavy atom. The SMILES string of the molecule is CCC(C)c1n[nH]nc1C(=O)OC. The second-order valence-electron chi connectivity index (χ2n) is 2.86. The van der Waals surface area contributed by atoms with Gasteiger partial charge >= 0.3 is 5.97 Å². The minimum absolute atomic E-state index is 0.216. The third-order valence-corrected chi connectivity index (χ3v) is 2.03. The van der Waals surface area contributed by atoms with Crippen LogP contribution in [0.15, 0.2) is 0 Å². The summed E-state index contributed by atoms with van der Waals surface area (Å²) < 4.78 is 4.57. The lowest BCUT2D eigenvalue weighted by molar-refractivity contribution is 0.0592. The van der Waals surface area contributed by atoms with E-state index in [2.05, 4.69) is 20.1 Å². The maximum atomic E-state index is 11.2. The van der Waals surface area contributed by atoms with Crippen LogP contribution in [0.4, 0.5) is 0 Å². The van der Waals surface area contributed by atoms with Crippen molar-refractivity contribution in [3.8, 4) is 0 Å². The third-order valence-electron chi connectivity index (χ3n) is 2.03. The molecule has 13 heavy (non-hydrogen) atoms. The standard InChI is InChI=1S/C8H13N3O2/c1-4-5(2)6-7(8(12)13-3)10-11-9-6/h5H,4H2,1-3H3,(H,9,10,11). The predicted molar refractivity (Wildman–Crippen MR) is 46.4 cm³/mol. The minimum atomic E-state index is -0.441. The van der Waals surface area contributed by atoms with Gasteiger partial charge in [0.1, 0.15) is 5.69 Å². The summed E-state index contributed by atoms with van der Waals surface area (Å²) in [4.78, 5) is 11.2. The Morgan fingerprint density at radius 2 is 2.31 bits per heavy atom. The number of rotatable bonds is 3. The lowest BCUT2D eigenvalue weighted by atomic mass is 10.0. The van der Waals surface area contributed by atoms with Crippen molar-refractivity contribution in [2.75, 3.05) is 7.11 Å². The van der Waals surface area contributed by atoms with Crippen LogP contribution in [0.25, 0.3) is 0 Å². The van der Waals surface area contributed by atoms with Crippen LogP contribution < -0.4 is 0 Å². The second kappa shape index (κ2) is 4.02. The number of aromatic nitrogens is 3. The molecule has 1 atom stereocenters. The number of carbonyl (C=O) groups excluding carboxylic acids is 1. The number of aromatic amines is 1. The Bertz CT molecular complexity index is 295. The van der Waals surface area contributed by atoms with Gasteiger partial charge in [-0.3, -0.25) is 0 Å². The summed E-state index contributed by atoms with van der Waals surface area (Å²) in [5.41, 5.74) is 0.964. The summed E-state index contributed by atoms with van der Waals surface area (Å²) in [6, 6.07) is 0. The van der Waals surface area contributed by atoms with Crippen LogP contribution in [-0.2, 0) is 4.74 Å². The topological polar surface area (TPSA) is 67.9 Å². The van der Waals surface area contributed by atoms with E-state index in [0.717, 1.165) is 6.42 Å². The van der Waals surface area contributed by atoms with Crippen molar-refractivity contribution in [1.29, 1.82) is 0 Å². The van der Waals surface area contributed by atoms with Crippen LogP contribution in [0.3, 0.4) is 0 Å². The molecule has 0 aromatic carbocycles. The largest absolute Gasteiger partial charge is 0.464 e. The molecule has 0 fully saturated rings. The van der Waals surface area contributed by atoms with Crippen LogP contribution >= 0.6 is 0 Å². The van der Waals surface area contributed by atoms with E-state index in [9.17, 15) is 4.79 Å². The molecule has 1 aromatic rings. The molecule has 0 radical (unpaired) electrons. The van der Waals surface area contributed by atoms with E-state index in [4.69, 9.17) is 0 Å². The van der Waals surface area contributed by atoms with Gasteiger partial charge in [0.05, 0.1) is 7.11 Å². The van der Waals surface area contributed by atoms with E-state index in [0.29, 0.717) is 5.69 Å². The smallest absolute Gasteiger partial charge is 0.360 e. The van der Waals surface area contributed by atoms with Gasteiger partial charge in [-0.25, -0.2) is 4.79 Å². The van der Waals surface area contributed by atoms with E-state index >= 15 is 0 Å². The van der Waals surface area contributed by atoms with E-state index < -0.39 is 5.97 Å². The number of hydrogen-bond acceptors (Lipinski definition) is 4. The van der Waals surface area contributed by atoms with Gasteiger partial charge in [0.25, 0.3) is 0 Å². The lowest BCUT2D eigenvalue weighted by Crippen LogP contribution is -2.07. The molecule has 5 heteroatoms. The third kappa shape index (κ3) is 1.85. The first-order chi connectivity index (χ1) is 6.20. The summed E-state index contributed by atoms with van der Waals surface area (Å²) in [7, 11) is 1.33. The molecule has 0 saturated carbocycles. The van der Waals surface area contributed by atoms with Crippen LogP contribution in [0, 0.1) is 0 Å². The summed E-state index contributed by atoms with van der Waals surface area (Å²) >= 11 is 0. The zero-order valence-corrected chi connectivity index (χ0v) is 8.00. The van der Waals surface area contributed by atoms with Gasteiger partial charge in [-0.2, -0.15) is 10.3 Å². The molecule has 0 amide bonds. The van der Waals surface area contributed by atoms with Crippen LogP contribution in [0.2, 0.25) is 0 Å². The van der Waals surface area contributed by atoms with Crippen molar-refractivity contribution >= 4 is 5.97 Å². The Balaban J connectivity index is 2.95. The molecule has 1 heterocycles. The Labute approximate surface area is 76.5 Å². The quantitative estimate of drug-likeness (QED) is 0.712. The average molecular weight is 183 g/mol. The maximum Gasteiger partial charge on any atom is 0.360 e. The Morgan fingerprint density at radius 1 is 1.62 bits per heavy atom. The number of ether oxygens (including phenoxy) is 1. The number of hydrogen-bond donors (Lipinski definition) is 1.